The van der Waals surface area contributed by atoms with Crippen molar-refractivity contribution in [3.63, 3.8) is 0 Å². The van der Waals surface area contributed by atoms with E-state index in [1.54, 1.807) is 6.07 Å². The Morgan fingerprint density at radius 1 is 1.13 bits per heavy atom. The average molecular weight is 331 g/mol. The molecule has 2 aromatic carbocycles. The molecule has 23 heavy (non-hydrogen) atoms. The van der Waals surface area contributed by atoms with Crippen molar-refractivity contribution < 1.29 is 4.79 Å². The molecule has 0 bridgehead atoms. The number of anilines is 2. The third-order valence-corrected chi connectivity index (χ3v) is 3.96. The molecular weight excluding hydrogens is 308 g/mol. The van der Waals surface area contributed by atoms with Crippen LogP contribution in [-0.4, -0.2) is 12.5 Å². The van der Waals surface area contributed by atoms with E-state index >= 15 is 0 Å². The predicted molar refractivity (Wildman–Crippen MR) is 98.5 cm³/mol. The van der Waals surface area contributed by atoms with E-state index in [1.165, 1.54) is 5.56 Å². The molecule has 0 saturated carbocycles. The van der Waals surface area contributed by atoms with Gasteiger partial charge in [0.25, 0.3) is 0 Å². The van der Waals surface area contributed by atoms with Crippen molar-refractivity contribution in [2.75, 3.05) is 17.2 Å². The zero-order valence-corrected chi connectivity index (χ0v) is 14.6. The molecule has 0 aromatic heterocycles. The lowest BCUT2D eigenvalue weighted by atomic mass is 10.0. The van der Waals surface area contributed by atoms with E-state index in [-0.39, 0.29) is 5.91 Å². The Labute approximate surface area is 143 Å². The van der Waals surface area contributed by atoms with Crippen LogP contribution < -0.4 is 10.6 Å². The first-order valence-electron chi connectivity index (χ1n) is 7.85. The Hall–Kier alpha value is -2.00. The van der Waals surface area contributed by atoms with Gasteiger partial charge in [0.2, 0.25) is 5.91 Å². The second-order valence-electron chi connectivity index (χ2n) is 5.96. The minimum atomic E-state index is -0.0123. The molecule has 0 saturated heterocycles. The Morgan fingerprint density at radius 3 is 2.43 bits per heavy atom. The molecule has 0 spiro atoms. The van der Waals surface area contributed by atoms with Gasteiger partial charge < -0.3 is 10.6 Å². The highest BCUT2D eigenvalue weighted by Gasteiger charge is 2.05. The summed E-state index contributed by atoms with van der Waals surface area (Å²) in [4.78, 5) is 12.0. The van der Waals surface area contributed by atoms with Crippen molar-refractivity contribution in [1.29, 1.82) is 0 Å². The Balaban J connectivity index is 1.80. The van der Waals surface area contributed by atoms with Gasteiger partial charge in [0, 0.05) is 29.4 Å². The van der Waals surface area contributed by atoms with Gasteiger partial charge in [0.05, 0.1) is 0 Å². The molecule has 0 atom stereocenters. The van der Waals surface area contributed by atoms with Crippen molar-refractivity contribution in [3.05, 3.63) is 58.6 Å². The summed E-state index contributed by atoms with van der Waals surface area (Å²) < 4.78 is 0. The van der Waals surface area contributed by atoms with Crippen LogP contribution in [0, 0.1) is 6.92 Å². The fourth-order valence-corrected chi connectivity index (χ4v) is 2.51. The van der Waals surface area contributed by atoms with E-state index in [4.69, 9.17) is 11.6 Å². The van der Waals surface area contributed by atoms with Gasteiger partial charge in [-0.05, 0) is 54.3 Å². The zero-order valence-electron chi connectivity index (χ0n) is 13.8. The lowest BCUT2D eigenvalue weighted by Crippen LogP contribution is -2.16. The number of carbonyl (C=O) groups excluding carboxylic acids is 1. The SMILES string of the molecule is Cc1cc(Cl)ccc1NC(=O)CCNc1ccc(C(C)C)cc1. The lowest BCUT2D eigenvalue weighted by Gasteiger charge is -2.11. The van der Waals surface area contributed by atoms with Gasteiger partial charge in [-0.2, -0.15) is 0 Å². The van der Waals surface area contributed by atoms with Crippen molar-refractivity contribution in [2.24, 2.45) is 0 Å². The molecule has 0 unspecified atom stereocenters. The first-order valence-corrected chi connectivity index (χ1v) is 8.23. The Morgan fingerprint density at radius 2 is 1.83 bits per heavy atom. The molecule has 0 aliphatic carbocycles. The number of rotatable bonds is 6. The van der Waals surface area contributed by atoms with Crippen LogP contribution in [0.1, 0.15) is 37.3 Å². The number of benzene rings is 2. The lowest BCUT2D eigenvalue weighted by molar-refractivity contribution is -0.115. The average Bonchev–Trinajstić information content (AvgIpc) is 2.50. The standard InChI is InChI=1S/C19H23ClN2O/c1-13(2)15-4-7-17(8-5-15)21-11-10-19(23)22-18-9-6-16(20)12-14(18)3/h4-9,12-13,21H,10-11H2,1-3H3,(H,22,23). The minimum Gasteiger partial charge on any atom is -0.385 e. The largest absolute Gasteiger partial charge is 0.385 e. The second-order valence-corrected chi connectivity index (χ2v) is 6.40. The summed E-state index contributed by atoms with van der Waals surface area (Å²) in [7, 11) is 0. The van der Waals surface area contributed by atoms with E-state index < -0.39 is 0 Å². The highest BCUT2D eigenvalue weighted by atomic mass is 35.5. The molecule has 0 radical (unpaired) electrons. The summed E-state index contributed by atoms with van der Waals surface area (Å²) in [6.07, 6.45) is 0.411. The number of hydrogen-bond donors (Lipinski definition) is 2. The third-order valence-electron chi connectivity index (χ3n) is 3.72. The van der Waals surface area contributed by atoms with Crippen LogP contribution in [0.4, 0.5) is 11.4 Å². The van der Waals surface area contributed by atoms with Crippen LogP contribution in [0.5, 0.6) is 0 Å². The van der Waals surface area contributed by atoms with E-state index in [1.807, 2.05) is 19.1 Å². The summed E-state index contributed by atoms with van der Waals surface area (Å²) in [6.45, 7) is 6.87. The Bertz CT molecular complexity index is 666. The number of nitrogens with one attached hydrogen (secondary N) is 2. The van der Waals surface area contributed by atoms with Crippen LogP contribution in [0.25, 0.3) is 0 Å². The highest BCUT2D eigenvalue weighted by Crippen LogP contribution is 2.20. The molecule has 3 nitrogen and oxygen atoms in total. The zero-order chi connectivity index (χ0) is 16.8. The van der Waals surface area contributed by atoms with Gasteiger partial charge in [0.15, 0.2) is 0 Å². The van der Waals surface area contributed by atoms with Crippen molar-refractivity contribution in [2.45, 2.75) is 33.1 Å². The summed E-state index contributed by atoms with van der Waals surface area (Å²) in [5, 5.41) is 6.85. The van der Waals surface area contributed by atoms with Gasteiger partial charge >= 0.3 is 0 Å². The molecule has 122 valence electrons. The van der Waals surface area contributed by atoms with Gasteiger partial charge in [-0.3, -0.25) is 4.79 Å². The van der Waals surface area contributed by atoms with Gasteiger partial charge in [-0.15, -0.1) is 0 Å². The van der Waals surface area contributed by atoms with Crippen molar-refractivity contribution >= 4 is 28.9 Å². The van der Waals surface area contributed by atoms with Crippen LogP contribution in [0.15, 0.2) is 42.5 Å². The molecule has 2 rings (SSSR count). The van der Waals surface area contributed by atoms with E-state index in [2.05, 4.69) is 48.7 Å². The molecule has 0 fully saturated rings. The predicted octanol–water partition coefficient (Wildman–Crippen LogP) is 5.21. The Kier molecular flexibility index (Phi) is 6.05. The molecule has 0 aliphatic rings. The number of amides is 1. The fourth-order valence-electron chi connectivity index (χ4n) is 2.29. The smallest absolute Gasteiger partial charge is 0.226 e. The molecular formula is C19H23ClN2O. The number of aryl methyl sites for hydroxylation is 1. The summed E-state index contributed by atoms with van der Waals surface area (Å²) in [5.74, 6) is 0.513. The molecule has 0 aliphatic heterocycles. The fraction of sp³-hybridized carbons (Fsp3) is 0.316. The molecule has 1 amide bonds. The number of carbonyl (C=O) groups is 1. The van der Waals surface area contributed by atoms with Crippen molar-refractivity contribution in [3.8, 4) is 0 Å². The van der Waals surface area contributed by atoms with E-state index in [0.717, 1.165) is 16.9 Å². The molecule has 4 heteroatoms. The summed E-state index contributed by atoms with van der Waals surface area (Å²) in [6, 6.07) is 13.8. The van der Waals surface area contributed by atoms with Crippen LogP contribution >= 0.6 is 11.6 Å². The topological polar surface area (TPSA) is 41.1 Å². The highest BCUT2D eigenvalue weighted by molar-refractivity contribution is 6.30. The molecule has 0 heterocycles. The number of halogens is 1. The summed E-state index contributed by atoms with van der Waals surface area (Å²) >= 11 is 5.91. The van der Waals surface area contributed by atoms with Gasteiger partial charge in [0.1, 0.15) is 0 Å². The molecule has 2 aromatic rings. The first kappa shape index (κ1) is 17.4. The van der Waals surface area contributed by atoms with Crippen LogP contribution in [0.2, 0.25) is 5.02 Å². The first-order chi connectivity index (χ1) is 11.0. The van der Waals surface area contributed by atoms with Gasteiger partial charge in [-0.1, -0.05) is 37.6 Å². The second kappa shape index (κ2) is 8.02. The van der Waals surface area contributed by atoms with E-state index in [0.29, 0.717) is 23.9 Å². The van der Waals surface area contributed by atoms with E-state index in [9.17, 15) is 4.79 Å². The normalized spacial score (nSPS) is 10.7. The van der Waals surface area contributed by atoms with Crippen LogP contribution in [-0.2, 0) is 4.79 Å². The van der Waals surface area contributed by atoms with Gasteiger partial charge in [-0.25, -0.2) is 0 Å². The third kappa shape index (κ3) is 5.29. The maximum absolute atomic E-state index is 12.0. The monoisotopic (exact) mass is 330 g/mol. The quantitative estimate of drug-likeness (QED) is 0.763. The summed E-state index contributed by atoms with van der Waals surface area (Å²) in [5.41, 5.74) is 4.11. The maximum atomic E-state index is 12.0. The maximum Gasteiger partial charge on any atom is 0.226 e. The molecule has 2 N–H and O–H groups in total. The number of hydrogen-bond acceptors (Lipinski definition) is 2. The minimum absolute atomic E-state index is 0.0123. The van der Waals surface area contributed by atoms with Crippen LogP contribution in [0.3, 0.4) is 0 Å². The van der Waals surface area contributed by atoms with Crippen molar-refractivity contribution in [1.82, 2.24) is 0 Å².